The minimum atomic E-state index is 0.467. The maximum absolute atomic E-state index is 10.8. The van der Waals surface area contributed by atoms with Crippen molar-refractivity contribution in [1.29, 1.82) is 0 Å². The fourth-order valence-electron chi connectivity index (χ4n) is 3.32. The Labute approximate surface area is 104 Å². The molecule has 17 heavy (non-hydrogen) atoms. The first-order chi connectivity index (χ1) is 8.07. The van der Waals surface area contributed by atoms with E-state index in [9.17, 15) is 4.79 Å². The molecule has 1 unspecified atom stereocenters. The monoisotopic (exact) mass is 230 g/mol. The van der Waals surface area contributed by atoms with Gasteiger partial charge in [0.25, 0.3) is 0 Å². The molecule has 2 rings (SSSR count). The maximum atomic E-state index is 10.8. The van der Waals surface area contributed by atoms with E-state index in [1.807, 2.05) is 0 Å². The van der Waals surface area contributed by atoms with Crippen LogP contribution in [0.3, 0.4) is 0 Å². The highest BCUT2D eigenvalue weighted by Gasteiger charge is 2.25. The fourth-order valence-corrected chi connectivity index (χ4v) is 3.32. The van der Waals surface area contributed by atoms with Crippen LogP contribution in [0, 0.1) is 27.7 Å². The van der Waals surface area contributed by atoms with Crippen LogP contribution in [0.4, 0.5) is 0 Å². The maximum Gasteiger partial charge on any atom is 0.120 e. The van der Waals surface area contributed by atoms with Crippen LogP contribution in [-0.2, 0) is 11.2 Å². The summed E-state index contributed by atoms with van der Waals surface area (Å²) in [6, 6.07) is 0. The molecule has 1 aliphatic carbocycles. The molecule has 0 N–H and O–H groups in total. The first-order valence-corrected chi connectivity index (χ1v) is 6.60. The average Bonchev–Trinajstić information content (AvgIpc) is 2.34. The van der Waals surface area contributed by atoms with Crippen LogP contribution in [0.1, 0.15) is 58.6 Å². The van der Waals surface area contributed by atoms with Gasteiger partial charge < -0.3 is 4.79 Å². The minimum absolute atomic E-state index is 0.467. The van der Waals surface area contributed by atoms with Gasteiger partial charge in [0.2, 0.25) is 0 Å². The molecule has 0 fully saturated rings. The van der Waals surface area contributed by atoms with Crippen LogP contribution in [0.25, 0.3) is 0 Å². The van der Waals surface area contributed by atoms with Crippen molar-refractivity contribution in [2.75, 3.05) is 0 Å². The number of rotatable bonds is 2. The van der Waals surface area contributed by atoms with E-state index < -0.39 is 0 Å². The Morgan fingerprint density at radius 3 is 2.35 bits per heavy atom. The number of hydrogen-bond acceptors (Lipinski definition) is 1. The summed E-state index contributed by atoms with van der Waals surface area (Å²) in [7, 11) is 0. The molecule has 0 bridgehead atoms. The van der Waals surface area contributed by atoms with Gasteiger partial charge in [0.05, 0.1) is 0 Å². The molecule has 92 valence electrons. The summed E-state index contributed by atoms with van der Waals surface area (Å²) in [5, 5.41) is 0. The third-order valence-corrected chi connectivity index (χ3v) is 4.64. The molecular formula is C16H22O. The third-order valence-electron chi connectivity index (χ3n) is 4.64. The van der Waals surface area contributed by atoms with Gasteiger partial charge in [-0.2, -0.15) is 0 Å². The second-order valence-electron chi connectivity index (χ2n) is 5.38. The van der Waals surface area contributed by atoms with Crippen LogP contribution < -0.4 is 0 Å². The first kappa shape index (κ1) is 12.3. The summed E-state index contributed by atoms with van der Waals surface area (Å²) in [6.07, 6.45) is 5.38. The summed E-state index contributed by atoms with van der Waals surface area (Å²) in [4.78, 5) is 10.8. The van der Waals surface area contributed by atoms with Crippen molar-refractivity contribution >= 4 is 6.29 Å². The first-order valence-electron chi connectivity index (χ1n) is 6.60. The average molecular weight is 230 g/mol. The SMILES string of the molecule is Cc1c(C)c(C)c2c(c1C)CCCC2CC=O. The van der Waals surface area contributed by atoms with E-state index in [2.05, 4.69) is 27.7 Å². The van der Waals surface area contributed by atoms with Crippen LogP contribution in [0.5, 0.6) is 0 Å². The molecule has 0 spiro atoms. The standard InChI is InChI=1S/C16H22O/c1-10-11(2)13(4)16-14(8-9-17)6-5-7-15(16)12(10)3/h9,14H,5-8H2,1-4H3. The molecule has 1 heteroatoms. The van der Waals surface area contributed by atoms with Gasteiger partial charge in [-0.05, 0) is 86.3 Å². The van der Waals surface area contributed by atoms with Gasteiger partial charge in [-0.3, -0.25) is 0 Å². The second kappa shape index (κ2) is 4.64. The van der Waals surface area contributed by atoms with Crippen molar-refractivity contribution in [3.8, 4) is 0 Å². The largest absolute Gasteiger partial charge is 0.303 e. The van der Waals surface area contributed by atoms with E-state index in [1.165, 1.54) is 52.6 Å². The lowest BCUT2D eigenvalue weighted by molar-refractivity contribution is -0.108. The smallest absolute Gasteiger partial charge is 0.120 e. The highest BCUT2D eigenvalue weighted by Crippen LogP contribution is 2.39. The normalized spacial score (nSPS) is 18.9. The van der Waals surface area contributed by atoms with Crippen molar-refractivity contribution in [2.45, 2.75) is 59.3 Å². The molecule has 0 aromatic heterocycles. The Hall–Kier alpha value is -1.11. The molecule has 1 aromatic rings. The molecule has 0 aliphatic heterocycles. The van der Waals surface area contributed by atoms with Gasteiger partial charge in [0, 0.05) is 6.42 Å². The minimum Gasteiger partial charge on any atom is -0.303 e. The number of hydrogen-bond donors (Lipinski definition) is 0. The summed E-state index contributed by atoms with van der Waals surface area (Å²) < 4.78 is 0. The van der Waals surface area contributed by atoms with E-state index in [1.54, 1.807) is 0 Å². The highest BCUT2D eigenvalue weighted by atomic mass is 16.1. The van der Waals surface area contributed by atoms with Crippen molar-refractivity contribution in [1.82, 2.24) is 0 Å². The summed E-state index contributed by atoms with van der Waals surface area (Å²) in [5.41, 5.74) is 8.76. The lowest BCUT2D eigenvalue weighted by Crippen LogP contribution is -2.15. The Morgan fingerprint density at radius 1 is 1.06 bits per heavy atom. The summed E-state index contributed by atoms with van der Waals surface area (Å²) in [6.45, 7) is 8.90. The van der Waals surface area contributed by atoms with Gasteiger partial charge in [-0.25, -0.2) is 0 Å². The molecule has 0 amide bonds. The number of fused-ring (bicyclic) bond motifs is 1. The molecule has 0 saturated carbocycles. The summed E-state index contributed by atoms with van der Waals surface area (Å²) in [5.74, 6) is 0.467. The lowest BCUT2D eigenvalue weighted by Gasteiger charge is -2.30. The van der Waals surface area contributed by atoms with Gasteiger partial charge in [0.1, 0.15) is 6.29 Å². The van der Waals surface area contributed by atoms with E-state index in [4.69, 9.17) is 0 Å². The molecular weight excluding hydrogens is 208 g/mol. The van der Waals surface area contributed by atoms with Gasteiger partial charge in [-0.15, -0.1) is 0 Å². The van der Waals surface area contributed by atoms with Gasteiger partial charge >= 0.3 is 0 Å². The predicted octanol–water partition coefficient (Wildman–Crippen LogP) is 3.93. The third kappa shape index (κ3) is 1.92. The van der Waals surface area contributed by atoms with E-state index in [-0.39, 0.29) is 0 Å². The Balaban J connectivity index is 2.64. The van der Waals surface area contributed by atoms with E-state index in [0.717, 1.165) is 6.29 Å². The fraction of sp³-hybridized carbons (Fsp3) is 0.562. The Morgan fingerprint density at radius 2 is 1.71 bits per heavy atom. The van der Waals surface area contributed by atoms with Gasteiger partial charge in [-0.1, -0.05) is 0 Å². The highest BCUT2D eigenvalue weighted by molar-refractivity contribution is 5.57. The van der Waals surface area contributed by atoms with Crippen LogP contribution in [0.15, 0.2) is 0 Å². The zero-order chi connectivity index (χ0) is 12.6. The molecule has 1 aliphatic rings. The second-order valence-corrected chi connectivity index (χ2v) is 5.38. The number of carbonyl (C=O) groups is 1. The molecule has 0 heterocycles. The number of benzene rings is 1. The van der Waals surface area contributed by atoms with Crippen LogP contribution in [0.2, 0.25) is 0 Å². The quantitative estimate of drug-likeness (QED) is 0.704. The van der Waals surface area contributed by atoms with E-state index >= 15 is 0 Å². The zero-order valence-electron chi connectivity index (χ0n) is 11.4. The number of carbonyl (C=O) groups excluding carboxylic acids is 1. The van der Waals surface area contributed by atoms with Crippen molar-refractivity contribution < 1.29 is 4.79 Å². The molecule has 0 saturated heterocycles. The van der Waals surface area contributed by atoms with Crippen molar-refractivity contribution in [3.05, 3.63) is 33.4 Å². The predicted molar refractivity (Wildman–Crippen MR) is 71.8 cm³/mol. The molecule has 1 atom stereocenters. The van der Waals surface area contributed by atoms with Gasteiger partial charge in [0.15, 0.2) is 0 Å². The topological polar surface area (TPSA) is 17.1 Å². The van der Waals surface area contributed by atoms with Crippen LogP contribution >= 0.6 is 0 Å². The Bertz CT molecular complexity index is 457. The van der Waals surface area contributed by atoms with Crippen molar-refractivity contribution in [3.63, 3.8) is 0 Å². The molecule has 1 aromatic carbocycles. The van der Waals surface area contributed by atoms with Crippen molar-refractivity contribution in [2.24, 2.45) is 0 Å². The molecule has 0 radical (unpaired) electrons. The number of aldehydes is 1. The lowest BCUT2D eigenvalue weighted by atomic mass is 9.75. The summed E-state index contributed by atoms with van der Waals surface area (Å²) >= 11 is 0. The Kier molecular flexibility index (Phi) is 3.37. The van der Waals surface area contributed by atoms with Crippen LogP contribution in [-0.4, -0.2) is 6.29 Å². The zero-order valence-corrected chi connectivity index (χ0v) is 11.4. The van der Waals surface area contributed by atoms with E-state index in [0.29, 0.717) is 12.3 Å². The molecule has 1 nitrogen and oxygen atoms in total.